The number of likely N-dealkylation sites (N-methyl/N-ethyl adjacent to an activating group) is 1. The molecule has 2 atom stereocenters. The third-order valence-corrected chi connectivity index (χ3v) is 3.65. The van der Waals surface area contributed by atoms with Crippen LogP contribution < -0.4 is 10.6 Å². The van der Waals surface area contributed by atoms with E-state index in [1.54, 1.807) is 0 Å². The molecule has 1 aromatic carbocycles. The van der Waals surface area contributed by atoms with Crippen LogP contribution in [0.25, 0.3) is 0 Å². The second kappa shape index (κ2) is 4.72. The van der Waals surface area contributed by atoms with E-state index in [1.165, 1.54) is 6.07 Å². The van der Waals surface area contributed by atoms with Gasteiger partial charge in [0.2, 0.25) is 0 Å². The molecule has 0 saturated carbocycles. The fourth-order valence-electron chi connectivity index (χ4n) is 2.65. The average molecular weight is 255 g/mol. The molecule has 0 spiro atoms. The lowest BCUT2D eigenvalue weighted by atomic mass is 10.1. The Morgan fingerprint density at radius 2 is 1.94 bits per heavy atom. The summed E-state index contributed by atoms with van der Waals surface area (Å²) in [4.78, 5) is 4.09. The van der Waals surface area contributed by atoms with E-state index in [0.29, 0.717) is 17.6 Å². The first-order valence-electron chi connectivity index (χ1n) is 6.06. The van der Waals surface area contributed by atoms with Crippen LogP contribution in [0.4, 0.5) is 20.2 Å². The minimum absolute atomic E-state index is 0.0306. The Kier molecular flexibility index (Phi) is 3.43. The van der Waals surface area contributed by atoms with Crippen LogP contribution in [0.5, 0.6) is 0 Å². The molecule has 5 heteroatoms. The highest BCUT2D eigenvalue weighted by molar-refractivity contribution is 5.68. The molecule has 1 aromatic rings. The smallest absolute Gasteiger partial charge is 0.151 e. The Labute approximate surface area is 106 Å². The van der Waals surface area contributed by atoms with E-state index in [1.807, 2.05) is 19.0 Å². The summed E-state index contributed by atoms with van der Waals surface area (Å²) in [5, 5.41) is 0. The monoisotopic (exact) mass is 255 g/mol. The van der Waals surface area contributed by atoms with E-state index in [-0.39, 0.29) is 5.69 Å². The predicted molar refractivity (Wildman–Crippen MR) is 69.6 cm³/mol. The fourth-order valence-corrected chi connectivity index (χ4v) is 2.65. The van der Waals surface area contributed by atoms with Gasteiger partial charge >= 0.3 is 0 Å². The number of rotatable bonds is 2. The molecule has 3 nitrogen and oxygen atoms in total. The molecule has 0 aliphatic carbocycles. The number of nitrogens with two attached hydrogens (primary N) is 1. The van der Waals surface area contributed by atoms with Crippen molar-refractivity contribution in [1.82, 2.24) is 4.90 Å². The van der Waals surface area contributed by atoms with E-state index < -0.39 is 11.6 Å². The summed E-state index contributed by atoms with van der Waals surface area (Å²) in [6.45, 7) is 3.63. The van der Waals surface area contributed by atoms with Crippen molar-refractivity contribution in [3.8, 4) is 0 Å². The van der Waals surface area contributed by atoms with E-state index >= 15 is 0 Å². The van der Waals surface area contributed by atoms with Crippen LogP contribution in [-0.4, -0.2) is 38.1 Å². The minimum atomic E-state index is -0.689. The molecule has 0 bridgehead atoms. The van der Waals surface area contributed by atoms with Gasteiger partial charge in [-0.25, -0.2) is 8.78 Å². The predicted octanol–water partition coefficient (Wildman–Crippen LogP) is 1.93. The van der Waals surface area contributed by atoms with Crippen molar-refractivity contribution in [2.75, 3.05) is 37.8 Å². The highest BCUT2D eigenvalue weighted by Crippen LogP contribution is 2.32. The first kappa shape index (κ1) is 13.1. The van der Waals surface area contributed by atoms with Crippen LogP contribution in [0.1, 0.15) is 6.92 Å². The summed E-state index contributed by atoms with van der Waals surface area (Å²) in [6.07, 6.45) is 0. The van der Waals surface area contributed by atoms with E-state index in [4.69, 9.17) is 5.73 Å². The number of benzene rings is 1. The van der Waals surface area contributed by atoms with Crippen LogP contribution in [-0.2, 0) is 0 Å². The van der Waals surface area contributed by atoms with Crippen molar-refractivity contribution < 1.29 is 8.78 Å². The second-order valence-corrected chi connectivity index (χ2v) is 5.23. The van der Waals surface area contributed by atoms with Gasteiger partial charge in [0, 0.05) is 25.2 Å². The van der Waals surface area contributed by atoms with Gasteiger partial charge in [-0.15, -0.1) is 0 Å². The zero-order chi connectivity index (χ0) is 13.4. The van der Waals surface area contributed by atoms with Gasteiger partial charge in [-0.3, -0.25) is 0 Å². The molecule has 0 aromatic heterocycles. The Bertz CT molecular complexity index is 448. The lowest BCUT2D eigenvalue weighted by Crippen LogP contribution is -2.34. The molecule has 18 heavy (non-hydrogen) atoms. The van der Waals surface area contributed by atoms with Gasteiger partial charge in [0.05, 0.1) is 11.4 Å². The van der Waals surface area contributed by atoms with Crippen LogP contribution in [0.3, 0.4) is 0 Å². The standard InChI is InChI=1S/C13H19F2N3/c1-8-6-18(7-12(8)17(2)3)11-5-9(14)4-10(15)13(11)16/h4-5,8,12H,6-7,16H2,1-3H3. The van der Waals surface area contributed by atoms with Gasteiger partial charge < -0.3 is 15.5 Å². The molecule has 2 unspecified atom stereocenters. The van der Waals surface area contributed by atoms with E-state index in [2.05, 4.69) is 11.8 Å². The second-order valence-electron chi connectivity index (χ2n) is 5.23. The molecular formula is C13H19F2N3. The summed E-state index contributed by atoms with van der Waals surface area (Å²) in [6, 6.07) is 2.50. The molecule has 1 saturated heterocycles. The third kappa shape index (κ3) is 2.27. The SMILES string of the molecule is CC1CN(c2cc(F)cc(F)c2N)CC1N(C)C. The molecule has 2 N–H and O–H groups in total. The van der Waals surface area contributed by atoms with Gasteiger partial charge in [0.25, 0.3) is 0 Å². The molecule has 1 aliphatic rings. The first-order chi connectivity index (χ1) is 8.40. The van der Waals surface area contributed by atoms with Crippen molar-refractivity contribution in [1.29, 1.82) is 0 Å². The Morgan fingerprint density at radius 3 is 2.50 bits per heavy atom. The van der Waals surface area contributed by atoms with Crippen molar-refractivity contribution in [3.63, 3.8) is 0 Å². The molecular weight excluding hydrogens is 236 g/mol. The number of nitrogens with zero attached hydrogens (tertiary/aromatic N) is 2. The number of anilines is 2. The van der Waals surface area contributed by atoms with Gasteiger partial charge in [0.1, 0.15) is 5.82 Å². The summed E-state index contributed by atoms with van der Waals surface area (Å²) >= 11 is 0. The maximum absolute atomic E-state index is 13.4. The minimum Gasteiger partial charge on any atom is -0.395 e. The van der Waals surface area contributed by atoms with E-state index in [9.17, 15) is 8.78 Å². The summed E-state index contributed by atoms with van der Waals surface area (Å²) in [5.74, 6) is -0.839. The Hall–Kier alpha value is -1.36. The normalized spacial score (nSPS) is 24.0. The first-order valence-corrected chi connectivity index (χ1v) is 6.06. The highest BCUT2D eigenvalue weighted by atomic mass is 19.1. The van der Waals surface area contributed by atoms with Crippen molar-refractivity contribution >= 4 is 11.4 Å². The molecule has 1 heterocycles. The largest absolute Gasteiger partial charge is 0.395 e. The Morgan fingerprint density at radius 1 is 1.28 bits per heavy atom. The molecule has 0 radical (unpaired) electrons. The number of halogens is 2. The molecule has 1 fully saturated rings. The van der Waals surface area contributed by atoms with Crippen LogP contribution in [0.2, 0.25) is 0 Å². The average Bonchev–Trinajstić information content (AvgIpc) is 2.65. The maximum Gasteiger partial charge on any atom is 0.151 e. The lowest BCUT2D eigenvalue weighted by molar-refractivity contribution is 0.266. The van der Waals surface area contributed by atoms with E-state index in [0.717, 1.165) is 19.2 Å². The molecule has 1 aliphatic heterocycles. The highest BCUT2D eigenvalue weighted by Gasteiger charge is 2.32. The molecule has 0 amide bonds. The zero-order valence-electron chi connectivity index (χ0n) is 11.0. The summed E-state index contributed by atoms with van der Waals surface area (Å²) < 4.78 is 26.7. The van der Waals surface area contributed by atoms with Crippen LogP contribution >= 0.6 is 0 Å². The topological polar surface area (TPSA) is 32.5 Å². The zero-order valence-corrected chi connectivity index (χ0v) is 11.0. The van der Waals surface area contributed by atoms with Gasteiger partial charge in [0.15, 0.2) is 5.82 Å². The van der Waals surface area contributed by atoms with Crippen molar-refractivity contribution in [2.45, 2.75) is 13.0 Å². The molecule has 2 rings (SSSR count). The van der Waals surface area contributed by atoms with Crippen LogP contribution in [0, 0.1) is 17.6 Å². The fraction of sp³-hybridized carbons (Fsp3) is 0.538. The van der Waals surface area contributed by atoms with Crippen molar-refractivity contribution in [3.05, 3.63) is 23.8 Å². The van der Waals surface area contributed by atoms with Crippen LogP contribution in [0.15, 0.2) is 12.1 Å². The summed E-state index contributed by atoms with van der Waals surface area (Å²) in [7, 11) is 4.03. The van der Waals surface area contributed by atoms with Gasteiger partial charge in [-0.2, -0.15) is 0 Å². The lowest BCUT2D eigenvalue weighted by Gasteiger charge is -2.23. The van der Waals surface area contributed by atoms with Gasteiger partial charge in [-0.05, 0) is 26.1 Å². The third-order valence-electron chi connectivity index (χ3n) is 3.65. The number of hydrogen-bond donors (Lipinski definition) is 1. The van der Waals surface area contributed by atoms with Gasteiger partial charge in [-0.1, -0.05) is 6.92 Å². The maximum atomic E-state index is 13.4. The number of nitrogen functional groups attached to an aromatic ring is 1. The quantitative estimate of drug-likeness (QED) is 0.820. The molecule has 100 valence electrons. The Balaban J connectivity index is 2.29. The van der Waals surface area contributed by atoms with Crippen molar-refractivity contribution in [2.24, 2.45) is 5.92 Å². The number of hydrogen-bond acceptors (Lipinski definition) is 3. The summed E-state index contributed by atoms with van der Waals surface area (Å²) in [5.41, 5.74) is 6.19.